The number of hydrogen-bond donors (Lipinski definition) is 1. The summed E-state index contributed by atoms with van der Waals surface area (Å²) in [6.45, 7) is 13.2. The lowest BCUT2D eigenvalue weighted by Crippen LogP contribution is -2.57. The molecule has 26 heavy (non-hydrogen) atoms. The van der Waals surface area contributed by atoms with E-state index >= 15 is 0 Å². The van der Waals surface area contributed by atoms with Gasteiger partial charge in [0.2, 0.25) is 0 Å². The van der Waals surface area contributed by atoms with Gasteiger partial charge in [-0.05, 0) is 55.5 Å². The molecular weight excluding hydrogens is 318 g/mol. The summed E-state index contributed by atoms with van der Waals surface area (Å²) in [4.78, 5) is 2.73. The third-order valence-corrected chi connectivity index (χ3v) is 7.73. The highest BCUT2D eigenvalue weighted by molar-refractivity contribution is 5.03. The van der Waals surface area contributed by atoms with Gasteiger partial charge in [0.25, 0.3) is 0 Å². The van der Waals surface area contributed by atoms with Crippen molar-refractivity contribution in [1.29, 1.82) is 0 Å². The summed E-state index contributed by atoms with van der Waals surface area (Å²) in [7, 11) is 0. The Morgan fingerprint density at radius 2 is 1.42 bits per heavy atom. The molecule has 2 nitrogen and oxygen atoms in total. The van der Waals surface area contributed by atoms with Crippen molar-refractivity contribution in [3.63, 3.8) is 0 Å². The van der Waals surface area contributed by atoms with Crippen molar-refractivity contribution >= 4 is 0 Å². The first kappa shape index (κ1) is 22.2. The number of likely N-dealkylation sites (tertiary alicyclic amines) is 1. The zero-order chi connectivity index (χ0) is 19.0. The minimum absolute atomic E-state index is 0.0935. The highest BCUT2D eigenvalue weighted by Crippen LogP contribution is 2.54. The van der Waals surface area contributed by atoms with Crippen LogP contribution in [0.15, 0.2) is 0 Å². The molecule has 1 N–H and O–H groups in total. The molecule has 2 aliphatic rings. The fraction of sp³-hybridized carbons (Fsp3) is 1.00. The van der Waals surface area contributed by atoms with Crippen LogP contribution < -0.4 is 0 Å². The third kappa shape index (κ3) is 5.96. The number of piperidine rings is 1. The second-order valence-electron chi connectivity index (χ2n) is 10.3. The molecule has 3 atom stereocenters. The lowest BCUT2D eigenvalue weighted by atomic mass is 9.53. The molecule has 2 rings (SSSR count). The van der Waals surface area contributed by atoms with Crippen molar-refractivity contribution in [2.75, 3.05) is 19.6 Å². The Labute approximate surface area is 164 Å². The van der Waals surface area contributed by atoms with Gasteiger partial charge in [-0.25, -0.2) is 0 Å². The Bertz CT molecular complexity index is 394. The van der Waals surface area contributed by atoms with Gasteiger partial charge >= 0.3 is 0 Å². The molecule has 0 aromatic heterocycles. The van der Waals surface area contributed by atoms with Crippen LogP contribution in [0, 0.1) is 16.7 Å². The lowest BCUT2D eigenvalue weighted by Gasteiger charge is -2.57. The van der Waals surface area contributed by atoms with E-state index in [1.807, 2.05) is 0 Å². The molecule has 2 fully saturated rings. The van der Waals surface area contributed by atoms with Crippen molar-refractivity contribution in [2.24, 2.45) is 16.7 Å². The minimum atomic E-state index is -0.103. The predicted molar refractivity (Wildman–Crippen MR) is 114 cm³/mol. The molecule has 1 saturated heterocycles. The van der Waals surface area contributed by atoms with Crippen molar-refractivity contribution in [1.82, 2.24) is 4.90 Å². The molecule has 0 bridgehead atoms. The molecule has 0 aromatic carbocycles. The van der Waals surface area contributed by atoms with Crippen molar-refractivity contribution in [3.05, 3.63) is 0 Å². The summed E-state index contributed by atoms with van der Waals surface area (Å²) >= 11 is 0. The number of hydrogen-bond acceptors (Lipinski definition) is 2. The maximum atomic E-state index is 10.4. The summed E-state index contributed by atoms with van der Waals surface area (Å²) in [5, 5.41) is 10.4. The van der Waals surface area contributed by atoms with Crippen LogP contribution in [0.5, 0.6) is 0 Å². The summed E-state index contributed by atoms with van der Waals surface area (Å²) in [6.07, 6.45) is 17.6. The number of aliphatic hydroxyl groups excluding tert-OH is 1. The Hall–Kier alpha value is -0.0800. The van der Waals surface area contributed by atoms with Crippen LogP contribution in [0.2, 0.25) is 0 Å². The van der Waals surface area contributed by atoms with Gasteiger partial charge in [0.05, 0.1) is 6.10 Å². The second kappa shape index (κ2) is 10.5. The molecule has 154 valence electrons. The molecule has 1 saturated carbocycles. The Balaban J connectivity index is 1.58. The zero-order valence-electron chi connectivity index (χ0n) is 18.4. The van der Waals surface area contributed by atoms with E-state index in [-0.39, 0.29) is 11.5 Å². The van der Waals surface area contributed by atoms with E-state index in [2.05, 4.69) is 32.6 Å². The largest absolute Gasteiger partial charge is 0.393 e. The van der Waals surface area contributed by atoms with Crippen LogP contribution in [-0.4, -0.2) is 35.7 Å². The maximum Gasteiger partial charge on any atom is 0.0594 e. The Morgan fingerprint density at radius 1 is 0.846 bits per heavy atom. The van der Waals surface area contributed by atoms with Gasteiger partial charge in [0.1, 0.15) is 0 Å². The summed E-state index contributed by atoms with van der Waals surface area (Å²) < 4.78 is 0. The molecule has 0 aromatic rings. The van der Waals surface area contributed by atoms with Crippen LogP contribution in [-0.2, 0) is 0 Å². The van der Waals surface area contributed by atoms with E-state index in [0.717, 1.165) is 6.42 Å². The summed E-state index contributed by atoms with van der Waals surface area (Å²) in [6, 6.07) is 0. The van der Waals surface area contributed by atoms with Gasteiger partial charge in [-0.3, -0.25) is 0 Å². The topological polar surface area (TPSA) is 23.5 Å². The molecule has 2 heteroatoms. The normalized spacial score (nSPS) is 31.7. The predicted octanol–water partition coefficient (Wildman–Crippen LogP) is 6.42. The van der Waals surface area contributed by atoms with Gasteiger partial charge in [0.15, 0.2) is 0 Å². The summed E-state index contributed by atoms with van der Waals surface area (Å²) in [5.74, 6) is 0.683. The molecule has 0 unspecified atom stereocenters. The van der Waals surface area contributed by atoms with E-state index in [1.165, 1.54) is 96.7 Å². The van der Waals surface area contributed by atoms with Crippen LogP contribution in [0.3, 0.4) is 0 Å². The highest BCUT2D eigenvalue weighted by Gasteiger charge is 2.52. The first-order chi connectivity index (χ1) is 12.4. The SMILES string of the molecule is CCCCCCCCCCCCN1CC[C@H]2C(C)(C)[C@@H](O)CC[C@]2(C)C1. The second-order valence-corrected chi connectivity index (χ2v) is 10.3. The van der Waals surface area contributed by atoms with Crippen LogP contribution in [0.4, 0.5) is 0 Å². The van der Waals surface area contributed by atoms with Gasteiger partial charge < -0.3 is 10.0 Å². The Kier molecular flexibility index (Phi) is 8.94. The zero-order valence-corrected chi connectivity index (χ0v) is 18.4. The van der Waals surface area contributed by atoms with E-state index in [9.17, 15) is 5.11 Å². The van der Waals surface area contributed by atoms with Crippen LogP contribution >= 0.6 is 0 Å². The third-order valence-electron chi connectivity index (χ3n) is 7.73. The van der Waals surface area contributed by atoms with E-state index in [4.69, 9.17) is 0 Å². The van der Waals surface area contributed by atoms with E-state index in [1.54, 1.807) is 0 Å². The first-order valence-corrected chi connectivity index (χ1v) is 11.8. The minimum Gasteiger partial charge on any atom is -0.393 e. The molecule has 0 spiro atoms. The molecule has 1 heterocycles. The van der Waals surface area contributed by atoms with Gasteiger partial charge in [-0.1, -0.05) is 85.5 Å². The number of nitrogens with zero attached hydrogens (tertiary/aromatic N) is 1. The standard InChI is InChI=1S/C24H47NO/c1-5-6-7-8-9-10-11-12-13-14-18-25-19-16-21-23(2,3)22(26)15-17-24(21,4)20-25/h21-22,26H,5-20H2,1-4H3/t21-,22-,24+/m0/s1. The number of unbranched alkanes of at least 4 members (excludes halogenated alkanes) is 9. The number of fused-ring (bicyclic) bond motifs is 1. The first-order valence-electron chi connectivity index (χ1n) is 11.8. The van der Waals surface area contributed by atoms with Crippen molar-refractivity contribution in [3.8, 4) is 0 Å². The molecule has 0 amide bonds. The highest BCUT2D eigenvalue weighted by atomic mass is 16.3. The number of rotatable bonds is 11. The van der Waals surface area contributed by atoms with Gasteiger partial charge in [-0.2, -0.15) is 0 Å². The smallest absolute Gasteiger partial charge is 0.0594 e. The average molecular weight is 366 g/mol. The quantitative estimate of drug-likeness (QED) is 0.427. The Morgan fingerprint density at radius 3 is 2.04 bits per heavy atom. The van der Waals surface area contributed by atoms with Crippen LogP contribution in [0.25, 0.3) is 0 Å². The maximum absolute atomic E-state index is 10.4. The fourth-order valence-corrected chi connectivity index (χ4v) is 5.97. The molecular formula is C24H47NO. The van der Waals surface area contributed by atoms with Crippen LogP contribution in [0.1, 0.15) is 111 Å². The van der Waals surface area contributed by atoms with Gasteiger partial charge in [0, 0.05) is 6.54 Å². The monoisotopic (exact) mass is 365 g/mol. The molecule has 0 radical (unpaired) electrons. The van der Waals surface area contributed by atoms with E-state index in [0.29, 0.717) is 11.3 Å². The fourth-order valence-electron chi connectivity index (χ4n) is 5.97. The van der Waals surface area contributed by atoms with Crippen molar-refractivity contribution in [2.45, 2.75) is 117 Å². The average Bonchev–Trinajstić information content (AvgIpc) is 2.60. The van der Waals surface area contributed by atoms with Gasteiger partial charge in [-0.15, -0.1) is 0 Å². The summed E-state index contributed by atoms with van der Waals surface area (Å²) in [5.41, 5.74) is 0.510. The van der Waals surface area contributed by atoms with E-state index < -0.39 is 0 Å². The molecule has 1 aliphatic carbocycles. The van der Waals surface area contributed by atoms with Crippen molar-refractivity contribution < 1.29 is 5.11 Å². The molecule has 1 aliphatic heterocycles. The number of aliphatic hydroxyl groups is 1. The lowest BCUT2D eigenvalue weighted by molar-refractivity contribution is -0.127.